The smallest absolute Gasteiger partial charge is 0.240 e. The van der Waals surface area contributed by atoms with E-state index >= 15 is 0 Å². The number of benzene rings is 2. The number of nitrogens with one attached hydrogen (secondary N) is 1. The Hall–Kier alpha value is -3.65. The van der Waals surface area contributed by atoms with Crippen LogP contribution in [0.15, 0.2) is 36.4 Å². The molecule has 0 saturated carbocycles. The number of carbonyl (C=O) groups excluding carboxylic acids is 1. The summed E-state index contributed by atoms with van der Waals surface area (Å²) in [6, 6.07) is 10.8. The molecule has 0 aliphatic carbocycles. The molecule has 0 radical (unpaired) electrons. The van der Waals surface area contributed by atoms with Crippen LogP contribution in [0.1, 0.15) is 11.1 Å². The van der Waals surface area contributed by atoms with E-state index < -0.39 is 74.3 Å². The maximum absolute atomic E-state index is 13.4. The Kier molecular flexibility index (Phi) is 12.1. The highest BCUT2D eigenvalue weighted by Gasteiger charge is 2.43. The quantitative estimate of drug-likeness (QED) is 0.109. The van der Waals surface area contributed by atoms with E-state index in [4.69, 9.17) is 9.47 Å². The first-order valence-corrected chi connectivity index (χ1v) is 17.4. The van der Waals surface area contributed by atoms with Gasteiger partial charge in [-0.05, 0) is 31.3 Å². The van der Waals surface area contributed by atoms with Crippen molar-refractivity contribution in [3.63, 3.8) is 0 Å². The monoisotopic (exact) mass is 722 g/mol. The highest BCUT2D eigenvalue weighted by Crippen LogP contribution is 2.31. The van der Waals surface area contributed by atoms with Gasteiger partial charge in [-0.15, -0.1) is 0 Å². The second-order valence-electron chi connectivity index (χ2n) is 13.6. The molecule has 3 fully saturated rings. The summed E-state index contributed by atoms with van der Waals surface area (Å²) in [5, 5.41) is 85.3. The minimum Gasteiger partial charge on any atom is -0.394 e. The first-order valence-electron chi connectivity index (χ1n) is 17.4. The van der Waals surface area contributed by atoms with Gasteiger partial charge in [0.2, 0.25) is 5.91 Å². The largest absolute Gasteiger partial charge is 0.394 e. The van der Waals surface area contributed by atoms with Crippen molar-refractivity contribution in [1.82, 2.24) is 19.7 Å². The zero-order valence-electron chi connectivity index (χ0n) is 28.7. The summed E-state index contributed by atoms with van der Waals surface area (Å²) in [5.74, 6) is 11.3. The van der Waals surface area contributed by atoms with E-state index in [-0.39, 0.29) is 12.5 Å². The molecular formula is C37H46N4O11. The highest BCUT2D eigenvalue weighted by atomic mass is 16.5. The molecule has 280 valence electrons. The van der Waals surface area contributed by atoms with Crippen LogP contribution in [0.25, 0.3) is 21.8 Å². The van der Waals surface area contributed by atoms with E-state index in [1.807, 2.05) is 16.7 Å². The molecule has 4 heterocycles. The number of ether oxygens (including phenoxy) is 2. The van der Waals surface area contributed by atoms with Crippen molar-refractivity contribution in [1.29, 1.82) is 0 Å². The lowest BCUT2D eigenvalue weighted by atomic mass is 9.95. The topological polar surface area (TPSA) is 221 Å². The summed E-state index contributed by atoms with van der Waals surface area (Å²) in [5.41, 5.74) is 2.41. The Morgan fingerprint density at radius 1 is 0.731 bits per heavy atom. The molecule has 15 heteroatoms. The standard InChI is InChI=1S/C37H46N4O11/c1-39-12-14-40(15-13-39)11-10-38-31(44)18-41-25-16-21(4-8-27-32(45)36(49)34(47)29(19-42)51-27)2-6-23(25)24-7-3-22(17-26(24)41)5-9-28-33(46)37(50)35(48)30(20-43)52-28/h2-3,6-7,16-17,27-30,32-37,42-43,45-50H,10-15,18-20H2,1H3,(H,38,44)/t27-,28-,29-,30-,32+,33+,34-,35-,36-,37-/m1/s1. The number of aliphatic hydroxyl groups excluding tert-OH is 8. The lowest BCUT2D eigenvalue weighted by Gasteiger charge is -2.37. The second-order valence-corrected chi connectivity index (χ2v) is 13.6. The van der Waals surface area contributed by atoms with Crippen molar-refractivity contribution in [3.05, 3.63) is 47.5 Å². The van der Waals surface area contributed by atoms with Gasteiger partial charge in [0.1, 0.15) is 67.6 Å². The van der Waals surface area contributed by atoms with Crippen molar-refractivity contribution in [2.45, 2.75) is 67.6 Å². The summed E-state index contributed by atoms with van der Waals surface area (Å²) >= 11 is 0. The van der Waals surface area contributed by atoms with Crippen LogP contribution in [-0.2, 0) is 20.8 Å². The van der Waals surface area contributed by atoms with Gasteiger partial charge in [0.05, 0.1) is 24.2 Å². The number of aliphatic hydroxyl groups is 8. The van der Waals surface area contributed by atoms with Gasteiger partial charge in [0, 0.05) is 61.2 Å². The molecule has 10 atom stereocenters. The van der Waals surface area contributed by atoms with Crippen LogP contribution in [-0.4, -0.2) is 182 Å². The second kappa shape index (κ2) is 16.6. The maximum atomic E-state index is 13.4. The number of aromatic nitrogens is 1. The van der Waals surface area contributed by atoms with E-state index in [9.17, 15) is 45.6 Å². The SMILES string of the molecule is CN1CCN(CCNC(=O)Cn2c3cc(C#C[C@H]4O[C@H](CO)[C@@H](O)[C@H](O)[C@H]4O)ccc3c3ccc(C#C[C@H]4O[C@H](CO)[C@@H](O)[C@H](O)[C@H]4O)cc32)CC1. The third kappa shape index (κ3) is 8.12. The summed E-state index contributed by atoms with van der Waals surface area (Å²) in [6.45, 7) is 3.83. The molecule has 3 aliphatic heterocycles. The maximum Gasteiger partial charge on any atom is 0.240 e. The van der Waals surface area contributed by atoms with Crippen molar-refractivity contribution < 1.29 is 55.1 Å². The molecule has 15 nitrogen and oxygen atoms in total. The Labute approximate surface area is 300 Å². The fourth-order valence-corrected chi connectivity index (χ4v) is 6.80. The molecule has 6 rings (SSSR count). The van der Waals surface area contributed by atoms with Gasteiger partial charge in [0.25, 0.3) is 0 Å². The van der Waals surface area contributed by atoms with Crippen LogP contribution in [0.2, 0.25) is 0 Å². The lowest BCUT2D eigenvalue weighted by Crippen LogP contribution is -2.58. The van der Waals surface area contributed by atoms with Crippen molar-refractivity contribution in [3.8, 4) is 23.7 Å². The molecule has 1 aromatic heterocycles. The van der Waals surface area contributed by atoms with Gasteiger partial charge >= 0.3 is 0 Å². The predicted molar refractivity (Wildman–Crippen MR) is 188 cm³/mol. The van der Waals surface area contributed by atoms with Gasteiger partial charge in [-0.1, -0.05) is 35.8 Å². The van der Waals surface area contributed by atoms with Gasteiger partial charge in [0.15, 0.2) is 0 Å². The summed E-state index contributed by atoms with van der Waals surface area (Å²) in [7, 11) is 2.09. The average molecular weight is 723 g/mol. The first kappa shape index (κ1) is 38.1. The van der Waals surface area contributed by atoms with E-state index in [2.05, 4.69) is 45.8 Å². The zero-order valence-corrected chi connectivity index (χ0v) is 28.7. The van der Waals surface area contributed by atoms with Gasteiger partial charge in [-0.2, -0.15) is 0 Å². The normalized spacial score (nSPS) is 31.5. The van der Waals surface area contributed by atoms with Crippen LogP contribution in [0.3, 0.4) is 0 Å². The third-order valence-corrected chi connectivity index (χ3v) is 10.0. The number of fused-ring (bicyclic) bond motifs is 3. The molecule has 3 aliphatic rings. The van der Waals surface area contributed by atoms with Crippen LogP contribution < -0.4 is 5.32 Å². The van der Waals surface area contributed by atoms with Crippen molar-refractivity contribution in [2.75, 3.05) is 59.5 Å². The molecule has 2 aromatic carbocycles. The Morgan fingerprint density at radius 2 is 1.21 bits per heavy atom. The summed E-state index contributed by atoms with van der Waals surface area (Å²) in [4.78, 5) is 18.0. The van der Waals surface area contributed by atoms with Crippen LogP contribution in [0, 0.1) is 23.7 Å². The number of nitrogens with zero attached hydrogens (tertiary/aromatic N) is 3. The van der Waals surface area contributed by atoms with Crippen molar-refractivity contribution in [2.24, 2.45) is 0 Å². The highest BCUT2D eigenvalue weighted by molar-refractivity contribution is 6.09. The Bertz CT molecular complexity index is 1740. The zero-order chi connectivity index (χ0) is 37.1. The first-order chi connectivity index (χ1) is 25.0. The van der Waals surface area contributed by atoms with E-state index in [0.717, 1.165) is 43.5 Å². The van der Waals surface area contributed by atoms with Gasteiger partial charge in [-0.3, -0.25) is 9.69 Å². The molecule has 0 bridgehead atoms. The number of hydrogen-bond acceptors (Lipinski definition) is 13. The third-order valence-electron chi connectivity index (χ3n) is 10.0. The number of carbonyl (C=O) groups is 1. The molecule has 9 N–H and O–H groups in total. The Balaban J connectivity index is 1.30. The summed E-state index contributed by atoms with van der Waals surface area (Å²) in [6.07, 6.45) is -13.6. The number of likely N-dealkylation sites (N-methyl/N-ethyl adjacent to an activating group) is 1. The number of rotatable bonds is 7. The van der Waals surface area contributed by atoms with Gasteiger partial charge < -0.3 is 65.1 Å². The fraction of sp³-hybridized carbons (Fsp3) is 0.541. The molecule has 0 unspecified atom stereocenters. The minimum atomic E-state index is -1.55. The fourth-order valence-electron chi connectivity index (χ4n) is 6.80. The van der Waals surface area contributed by atoms with Crippen LogP contribution >= 0.6 is 0 Å². The molecule has 52 heavy (non-hydrogen) atoms. The number of hydrogen-bond donors (Lipinski definition) is 9. The van der Waals surface area contributed by atoms with E-state index in [1.165, 1.54) is 0 Å². The number of piperazine rings is 1. The van der Waals surface area contributed by atoms with Crippen LogP contribution in [0.4, 0.5) is 0 Å². The minimum absolute atomic E-state index is 0.0318. The van der Waals surface area contributed by atoms with Crippen LogP contribution in [0.5, 0.6) is 0 Å². The average Bonchev–Trinajstić information content (AvgIpc) is 3.44. The van der Waals surface area contributed by atoms with E-state index in [0.29, 0.717) is 28.7 Å². The van der Waals surface area contributed by atoms with Crippen molar-refractivity contribution >= 4 is 27.7 Å². The molecule has 0 spiro atoms. The molecule has 1 amide bonds. The van der Waals surface area contributed by atoms with E-state index in [1.54, 1.807) is 24.3 Å². The molecule has 3 saturated heterocycles. The molecule has 3 aromatic rings. The predicted octanol–water partition coefficient (Wildman–Crippen LogP) is -3.45. The number of amides is 1. The Morgan fingerprint density at radius 3 is 1.67 bits per heavy atom. The molecular weight excluding hydrogens is 676 g/mol. The lowest BCUT2D eigenvalue weighted by molar-refractivity contribution is -0.214. The summed E-state index contributed by atoms with van der Waals surface area (Å²) < 4.78 is 12.9. The van der Waals surface area contributed by atoms with Gasteiger partial charge in [-0.25, -0.2) is 0 Å².